The van der Waals surface area contributed by atoms with E-state index in [1.165, 1.54) is 26.0 Å². The average molecular weight is 202 g/mol. The molecule has 2 nitrogen and oxygen atoms in total. The molecule has 4 heteroatoms. The van der Waals surface area contributed by atoms with Crippen molar-refractivity contribution in [3.05, 3.63) is 30.3 Å². The van der Waals surface area contributed by atoms with Gasteiger partial charge in [0.25, 0.3) is 0 Å². The van der Waals surface area contributed by atoms with Gasteiger partial charge in [-0.25, -0.2) is 0 Å². The zero-order chi connectivity index (χ0) is 10.1. The maximum absolute atomic E-state index is 13.6. The van der Waals surface area contributed by atoms with Gasteiger partial charge < -0.3 is 5.11 Å². The van der Waals surface area contributed by atoms with Crippen molar-refractivity contribution in [1.29, 1.82) is 0 Å². The molecular weight excluding hydrogens is 190 g/mol. The lowest BCUT2D eigenvalue weighted by molar-refractivity contribution is 0.157. The summed E-state index contributed by atoms with van der Waals surface area (Å²) in [6.07, 6.45) is 0. The van der Waals surface area contributed by atoms with Crippen molar-refractivity contribution in [3.63, 3.8) is 0 Å². The molecule has 0 aromatic heterocycles. The van der Waals surface area contributed by atoms with E-state index in [2.05, 4.69) is 0 Å². The van der Waals surface area contributed by atoms with Gasteiger partial charge in [0.1, 0.15) is 5.34 Å². The minimum absolute atomic E-state index is 0.0579. The van der Waals surface area contributed by atoms with Gasteiger partial charge in [0.05, 0.1) is 0 Å². The third kappa shape index (κ3) is 1.98. The molecule has 0 bridgehead atoms. The highest BCUT2D eigenvalue weighted by Crippen LogP contribution is 2.56. The second-order valence-corrected chi connectivity index (χ2v) is 6.04. The highest BCUT2D eigenvalue weighted by molar-refractivity contribution is 7.67. The second kappa shape index (κ2) is 3.24. The van der Waals surface area contributed by atoms with E-state index in [9.17, 15) is 13.9 Å². The third-order valence-corrected chi connectivity index (χ3v) is 4.16. The van der Waals surface area contributed by atoms with E-state index in [-0.39, 0.29) is 5.30 Å². The van der Waals surface area contributed by atoms with Crippen LogP contribution in [-0.2, 0) is 4.57 Å². The van der Waals surface area contributed by atoms with Crippen molar-refractivity contribution in [2.75, 3.05) is 0 Å². The Hall–Kier alpha value is -0.660. The molecule has 1 unspecified atom stereocenters. The molecule has 13 heavy (non-hydrogen) atoms. The number of rotatable bonds is 2. The van der Waals surface area contributed by atoms with Crippen LogP contribution in [0.5, 0.6) is 0 Å². The Balaban J connectivity index is 3.17. The predicted octanol–water partition coefficient (Wildman–Crippen LogP) is 2.29. The smallest absolute Gasteiger partial charge is 0.301 e. The molecule has 0 radical (unpaired) electrons. The Morgan fingerprint density at radius 3 is 2.15 bits per heavy atom. The van der Waals surface area contributed by atoms with Crippen molar-refractivity contribution in [2.24, 2.45) is 0 Å². The fraction of sp³-hybridized carbons (Fsp3) is 0.333. The van der Waals surface area contributed by atoms with Crippen molar-refractivity contribution < 1.29 is 13.9 Å². The summed E-state index contributed by atoms with van der Waals surface area (Å²) in [7, 11) is -4.17. The van der Waals surface area contributed by atoms with Gasteiger partial charge in [0.15, 0.2) is 0 Å². The van der Waals surface area contributed by atoms with Gasteiger partial charge in [-0.1, -0.05) is 18.2 Å². The summed E-state index contributed by atoms with van der Waals surface area (Å²) < 4.78 is 25.2. The van der Waals surface area contributed by atoms with Crippen LogP contribution in [0.3, 0.4) is 0 Å². The largest absolute Gasteiger partial charge is 0.380 e. The lowest BCUT2D eigenvalue weighted by atomic mass is 10.4. The van der Waals surface area contributed by atoms with Gasteiger partial charge in [-0.15, -0.1) is 0 Å². The summed E-state index contributed by atoms with van der Waals surface area (Å²) in [5, 5.41) is 7.61. The molecule has 1 aromatic carbocycles. The SMILES string of the molecule is CC(C)(O)P(=O)(F)c1ccccc1. The van der Waals surface area contributed by atoms with Crippen LogP contribution >= 0.6 is 7.45 Å². The maximum Gasteiger partial charge on any atom is 0.301 e. The molecular formula is C9H12FO2P. The zero-order valence-electron chi connectivity index (χ0n) is 7.57. The molecule has 0 saturated heterocycles. The molecule has 0 spiro atoms. The topological polar surface area (TPSA) is 37.3 Å². The van der Waals surface area contributed by atoms with Gasteiger partial charge in [0, 0.05) is 5.30 Å². The molecule has 0 aliphatic carbocycles. The molecule has 0 aliphatic rings. The van der Waals surface area contributed by atoms with E-state index in [1.807, 2.05) is 0 Å². The quantitative estimate of drug-likeness (QED) is 0.747. The minimum Gasteiger partial charge on any atom is -0.380 e. The Labute approximate surface area is 76.9 Å². The van der Waals surface area contributed by atoms with E-state index in [0.717, 1.165) is 0 Å². The molecule has 0 heterocycles. The van der Waals surface area contributed by atoms with Crippen molar-refractivity contribution in [3.8, 4) is 0 Å². The van der Waals surface area contributed by atoms with E-state index in [4.69, 9.17) is 0 Å². The summed E-state index contributed by atoms with van der Waals surface area (Å²) in [5.74, 6) is 0. The Bertz CT molecular complexity index is 329. The number of hydrogen-bond acceptors (Lipinski definition) is 2. The maximum atomic E-state index is 13.6. The first-order valence-corrected chi connectivity index (χ1v) is 5.53. The van der Waals surface area contributed by atoms with Crippen molar-refractivity contribution in [1.82, 2.24) is 0 Å². The fourth-order valence-electron chi connectivity index (χ4n) is 0.936. The molecule has 1 N–H and O–H groups in total. The minimum atomic E-state index is -4.17. The lowest BCUT2D eigenvalue weighted by Gasteiger charge is -2.22. The second-order valence-electron chi connectivity index (χ2n) is 3.36. The first-order chi connectivity index (χ1) is 5.86. The predicted molar refractivity (Wildman–Crippen MR) is 51.1 cm³/mol. The number of aliphatic hydroxyl groups is 1. The van der Waals surface area contributed by atoms with Crippen molar-refractivity contribution in [2.45, 2.75) is 19.2 Å². The molecule has 0 aliphatic heterocycles. The number of halogens is 1. The van der Waals surface area contributed by atoms with Gasteiger partial charge in [-0.2, -0.15) is 4.20 Å². The molecule has 0 fully saturated rings. The summed E-state index contributed by atoms with van der Waals surface area (Å²) in [6, 6.07) is 7.71. The van der Waals surface area contributed by atoms with Crippen LogP contribution in [0.4, 0.5) is 4.20 Å². The summed E-state index contributed by atoms with van der Waals surface area (Å²) in [4.78, 5) is 0. The standard InChI is InChI=1S/C9H12FO2P/c1-9(2,11)13(10,12)8-6-4-3-5-7-8/h3-7,11H,1-2H3. The highest BCUT2D eigenvalue weighted by atomic mass is 31.2. The van der Waals surface area contributed by atoms with Crippen LogP contribution in [0.25, 0.3) is 0 Å². The lowest BCUT2D eigenvalue weighted by Crippen LogP contribution is -2.23. The van der Waals surface area contributed by atoms with Crippen LogP contribution in [0.2, 0.25) is 0 Å². The molecule has 0 saturated carbocycles. The summed E-state index contributed by atoms with van der Waals surface area (Å²) >= 11 is 0. The fourth-order valence-corrected chi connectivity index (χ4v) is 2.12. The van der Waals surface area contributed by atoms with Crippen LogP contribution in [-0.4, -0.2) is 10.4 Å². The first-order valence-electron chi connectivity index (χ1n) is 3.93. The summed E-state index contributed by atoms with van der Waals surface area (Å²) in [6.45, 7) is 2.42. The highest BCUT2D eigenvalue weighted by Gasteiger charge is 2.40. The molecule has 1 atom stereocenters. The average Bonchev–Trinajstić information content (AvgIpc) is 2.04. The van der Waals surface area contributed by atoms with Crippen LogP contribution in [0, 0.1) is 0 Å². The molecule has 1 rings (SSSR count). The van der Waals surface area contributed by atoms with E-state index in [1.54, 1.807) is 18.2 Å². The van der Waals surface area contributed by atoms with Crippen LogP contribution in [0.15, 0.2) is 30.3 Å². The third-order valence-electron chi connectivity index (χ3n) is 1.79. The van der Waals surface area contributed by atoms with Gasteiger partial charge in [-0.3, -0.25) is 4.57 Å². The van der Waals surface area contributed by atoms with Crippen molar-refractivity contribution >= 4 is 12.8 Å². The Kier molecular flexibility index (Phi) is 2.60. The van der Waals surface area contributed by atoms with E-state index < -0.39 is 12.8 Å². The van der Waals surface area contributed by atoms with Gasteiger partial charge in [-0.05, 0) is 26.0 Å². The normalized spacial score (nSPS) is 16.6. The van der Waals surface area contributed by atoms with E-state index >= 15 is 0 Å². The molecule has 72 valence electrons. The molecule has 1 aromatic rings. The van der Waals surface area contributed by atoms with Crippen LogP contribution < -0.4 is 5.30 Å². The summed E-state index contributed by atoms with van der Waals surface area (Å²) in [5.41, 5.74) is 0. The first kappa shape index (κ1) is 10.4. The number of hydrogen-bond donors (Lipinski definition) is 1. The van der Waals surface area contributed by atoms with E-state index in [0.29, 0.717) is 0 Å². The Morgan fingerprint density at radius 1 is 1.31 bits per heavy atom. The van der Waals surface area contributed by atoms with Gasteiger partial charge >= 0.3 is 7.45 Å². The van der Waals surface area contributed by atoms with Crippen LogP contribution in [0.1, 0.15) is 13.8 Å². The monoisotopic (exact) mass is 202 g/mol. The zero-order valence-corrected chi connectivity index (χ0v) is 8.46. The molecule has 0 amide bonds. The van der Waals surface area contributed by atoms with Gasteiger partial charge in [0.2, 0.25) is 0 Å². The Morgan fingerprint density at radius 2 is 1.77 bits per heavy atom. The number of benzene rings is 1.